The van der Waals surface area contributed by atoms with Gasteiger partial charge in [0.25, 0.3) is 0 Å². The lowest BCUT2D eigenvalue weighted by atomic mass is 9.97. The molecular formula is C18H23ClO5. The van der Waals surface area contributed by atoms with Gasteiger partial charge in [-0.05, 0) is 49.4 Å². The van der Waals surface area contributed by atoms with Gasteiger partial charge in [-0.3, -0.25) is 4.79 Å². The number of rotatable bonds is 6. The Balaban J connectivity index is 1.35. The summed E-state index contributed by atoms with van der Waals surface area (Å²) in [5.41, 5.74) is 0.952. The number of hydrogen-bond acceptors (Lipinski definition) is 5. The molecule has 0 saturated carbocycles. The highest BCUT2D eigenvalue weighted by Gasteiger charge is 2.27. The van der Waals surface area contributed by atoms with Crippen molar-refractivity contribution in [2.45, 2.75) is 38.4 Å². The summed E-state index contributed by atoms with van der Waals surface area (Å²) in [6, 6.07) is 5.47. The highest BCUT2D eigenvalue weighted by atomic mass is 35.5. The van der Waals surface area contributed by atoms with E-state index in [0.717, 1.165) is 37.2 Å². The van der Waals surface area contributed by atoms with Crippen LogP contribution in [0, 0.1) is 5.92 Å². The molecule has 1 saturated heterocycles. The van der Waals surface area contributed by atoms with Crippen LogP contribution in [-0.2, 0) is 25.4 Å². The molecule has 0 aliphatic carbocycles. The van der Waals surface area contributed by atoms with E-state index in [4.69, 9.17) is 30.5 Å². The van der Waals surface area contributed by atoms with Crippen molar-refractivity contribution in [2.24, 2.45) is 5.92 Å². The number of hydrogen-bond donors (Lipinski definition) is 0. The third-order valence-electron chi connectivity index (χ3n) is 4.24. The molecule has 0 unspecified atom stereocenters. The maximum atomic E-state index is 12.2. The molecule has 2 aliphatic heterocycles. The SMILES string of the molecule is O=C(OCCCO[C@H]1CCCCO1)[C@H]1COc2ccc(Cl)cc2C1. The third kappa shape index (κ3) is 4.85. The van der Waals surface area contributed by atoms with Crippen LogP contribution >= 0.6 is 11.6 Å². The van der Waals surface area contributed by atoms with Crippen LogP contribution in [0.3, 0.4) is 0 Å². The Morgan fingerprint density at radius 2 is 2.21 bits per heavy atom. The molecule has 3 rings (SSSR count). The van der Waals surface area contributed by atoms with Crippen LogP contribution < -0.4 is 4.74 Å². The van der Waals surface area contributed by atoms with Crippen molar-refractivity contribution >= 4 is 17.6 Å². The van der Waals surface area contributed by atoms with Crippen molar-refractivity contribution in [3.63, 3.8) is 0 Å². The van der Waals surface area contributed by atoms with Crippen LogP contribution in [0.25, 0.3) is 0 Å². The van der Waals surface area contributed by atoms with Crippen molar-refractivity contribution < 1.29 is 23.7 Å². The van der Waals surface area contributed by atoms with Gasteiger partial charge in [-0.15, -0.1) is 0 Å². The molecule has 1 aromatic carbocycles. The van der Waals surface area contributed by atoms with Gasteiger partial charge in [-0.25, -0.2) is 0 Å². The second-order valence-corrected chi connectivity index (χ2v) is 6.59. The van der Waals surface area contributed by atoms with Crippen molar-refractivity contribution in [1.82, 2.24) is 0 Å². The zero-order valence-electron chi connectivity index (χ0n) is 13.7. The standard InChI is InChI=1S/C18H23ClO5/c19-15-5-6-16-13(11-15)10-14(12-24-16)18(20)23-9-3-8-22-17-4-1-2-7-21-17/h5-6,11,14,17H,1-4,7-10,12H2/t14-,17+/m1/s1. The molecule has 2 aliphatic rings. The van der Waals surface area contributed by atoms with Crippen LogP contribution in [0.2, 0.25) is 5.02 Å². The molecule has 1 fully saturated rings. The Labute approximate surface area is 147 Å². The number of halogens is 1. The largest absolute Gasteiger partial charge is 0.492 e. The summed E-state index contributed by atoms with van der Waals surface area (Å²) >= 11 is 5.99. The summed E-state index contributed by atoms with van der Waals surface area (Å²) in [6.07, 6.45) is 4.37. The van der Waals surface area contributed by atoms with Gasteiger partial charge in [0.1, 0.15) is 12.4 Å². The fourth-order valence-corrected chi connectivity index (χ4v) is 3.12. The number of ether oxygens (including phenoxy) is 4. The minimum Gasteiger partial charge on any atom is -0.492 e. The second-order valence-electron chi connectivity index (χ2n) is 6.15. The summed E-state index contributed by atoms with van der Waals surface area (Å²) in [7, 11) is 0. The van der Waals surface area contributed by atoms with Crippen molar-refractivity contribution in [2.75, 3.05) is 26.4 Å². The lowest BCUT2D eigenvalue weighted by molar-refractivity contribution is -0.166. The number of carbonyl (C=O) groups is 1. The van der Waals surface area contributed by atoms with E-state index in [-0.39, 0.29) is 18.2 Å². The number of carbonyl (C=O) groups excluding carboxylic acids is 1. The van der Waals surface area contributed by atoms with Crippen molar-refractivity contribution in [3.05, 3.63) is 28.8 Å². The summed E-state index contributed by atoms with van der Waals surface area (Å²) in [6.45, 7) is 2.01. The van der Waals surface area contributed by atoms with E-state index in [9.17, 15) is 4.79 Å². The maximum Gasteiger partial charge on any atom is 0.312 e. The van der Waals surface area contributed by atoms with Crippen molar-refractivity contribution in [3.8, 4) is 5.75 Å². The highest BCUT2D eigenvalue weighted by molar-refractivity contribution is 6.30. The number of benzene rings is 1. The Hall–Kier alpha value is -1.30. The van der Waals surface area contributed by atoms with Crippen LogP contribution in [-0.4, -0.2) is 38.7 Å². The predicted octanol–water partition coefficient (Wildman–Crippen LogP) is 3.37. The van der Waals surface area contributed by atoms with Gasteiger partial charge < -0.3 is 18.9 Å². The van der Waals surface area contributed by atoms with E-state index < -0.39 is 0 Å². The molecule has 1 aromatic rings. The number of fused-ring (bicyclic) bond motifs is 1. The molecule has 0 spiro atoms. The minimum atomic E-state index is -0.279. The molecule has 6 heteroatoms. The average molecular weight is 355 g/mol. The summed E-state index contributed by atoms with van der Waals surface area (Å²) < 4.78 is 22.1. The molecule has 0 N–H and O–H groups in total. The van der Waals surface area contributed by atoms with Gasteiger partial charge in [0, 0.05) is 18.1 Å². The maximum absolute atomic E-state index is 12.2. The van der Waals surface area contributed by atoms with Gasteiger partial charge in [-0.2, -0.15) is 0 Å². The van der Waals surface area contributed by atoms with Crippen LogP contribution in [0.1, 0.15) is 31.2 Å². The first kappa shape index (κ1) is 17.5. The summed E-state index contributed by atoms with van der Waals surface area (Å²) in [5, 5.41) is 0.647. The quantitative estimate of drug-likeness (QED) is 0.579. The van der Waals surface area contributed by atoms with Gasteiger partial charge >= 0.3 is 5.97 Å². The molecular weight excluding hydrogens is 332 g/mol. The lowest BCUT2D eigenvalue weighted by Gasteiger charge is -2.24. The first-order valence-corrected chi connectivity index (χ1v) is 8.91. The van der Waals surface area contributed by atoms with E-state index in [0.29, 0.717) is 37.7 Å². The van der Waals surface area contributed by atoms with Gasteiger partial charge in [0.2, 0.25) is 0 Å². The molecule has 2 heterocycles. The third-order valence-corrected chi connectivity index (χ3v) is 4.47. The van der Waals surface area contributed by atoms with Crippen molar-refractivity contribution in [1.29, 1.82) is 0 Å². The van der Waals surface area contributed by atoms with E-state index >= 15 is 0 Å². The van der Waals surface area contributed by atoms with Gasteiger partial charge in [0.05, 0.1) is 19.1 Å². The van der Waals surface area contributed by atoms with Crippen LogP contribution in [0.15, 0.2) is 18.2 Å². The summed E-state index contributed by atoms with van der Waals surface area (Å²) in [5.74, 6) is 0.289. The Kier molecular flexibility index (Phi) is 6.35. The molecule has 5 nitrogen and oxygen atoms in total. The van der Waals surface area contributed by atoms with E-state index in [1.54, 1.807) is 6.07 Å². The predicted molar refractivity (Wildman–Crippen MR) is 89.3 cm³/mol. The average Bonchev–Trinajstić information content (AvgIpc) is 2.61. The topological polar surface area (TPSA) is 54.0 Å². The van der Waals surface area contributed by atoms with E-state index in [2.05, 4.69) is 0 Å². The molecule has 0 radical (unpaired) electrons. The molecule has 132 valence electrons. The van der Waals surface area contributed by atoms with Crippen LogP contribution in [0.4, 0.5) is 0 Å². The molecule has 0 bridgehead atoms. The van der Waals surface area contributed by atoms with Gasteiger partial charge in [0.15, 0.2) is 6.29 Å². The molecule has 0 amide bonds. The fourth-order valence-electron chi connectivity index (χ4n) is 2.92. The van der Waals surface area contributed by atoms with E-state index in [1.165, 1.54) is 0 Å². The fraction of sp³-hybridized carbons (Fsp3) is 0.611. The first-order valence-electron chi connectivity index (χ1n) is 8.53. The first-order chi connectivity index (χ1) is 11.7. The highest BCUT2D eigenvalue weighted by Crippen LogP contribution is 2.30. The van der Waals surface area contributed by atoms with Gasteiger partial charge in [-0.1, -0.05) is 11.6 Å². The lowest BCUT2D eigenvalue weighted by Crippen LogP contribution is -2.30. The Morgan fingerprint density at radius 1 is 1.29 bits per heavy atom. The molecule has 24 heavy (non-hydrogen) atoms. The number of esters is 1. The van der Waals surface area contributed by atoms with E-state index in [1.807, 2.05) is 12.1 Å². The normalized spacial score (nSPS) is 23.2. The zero-order chi connectivity index (χ0) is 16.8. The smallest absolute Gasteiger partial charge is 0.312 e. The minimum absolute atomic E-state index is 0.0950. The summed E-state index contributed by atoms with van der Waals surface area (Å²) in [4.78, 5) is 12.2. The molecule has 2 atom stereocenters. The second kappa shape index (κ2) is 8.70. The van der Waals surface area contributed by atoms with Crippen LogP contribution in [0.5, 0.6) is 5.75 Å². The Bertz CT molecular complexity index is 556. The molecule has 0 aromatic heterocycles. The Morgan fingerprint density at radius 3 is 3.04 bits per heavy atom. The zero-order valence-corrected chi connectivity index (χ0v) is 14.4. The monoisotopic (exact) mass is 354 g/mol.